The minimum absolute atomic E-state index is 0.00773. The maximum absolute atomic E-state index is 12.6. The Balaban J connectivity index is 1.76. The Labute approximate surface area is 135 Å². The second kappa shape index (κ2) is 6.64. The van der Waals surface area contributed by atoms with E-state index >= 15 is 0 Å². The van der Waals surface area contributed by atoms with Crippen LogP contribution in [-0.2, 0) is 14.3 Å². The van der Waals surface area contributed by atoms with Gasteiger partial charge in [0.05, 0.1) is 32.9 Å². The second-order valence-corrected chi connectivity index (χ2v) is 5.97. The average Bonchev–Trinajstić information content (AvgIpc) is 2.78. The van der Waals surface area contributed by atoms with Crippen molar-refractivity contribution in [1.82, 2.24) is 14.8 Å². The lowest BCUT2D eigenvalue weighted by Gasteiger charge is -2.43. The van der Waals surface area contributed by atoms with E-state index in [-0.39, 0.29) is 11.8 Å². The molecular formula is C16H21N3O4. The van der Waals surface area contributed by atoms with Crippen molar-refractivity contribution in [3.63, 3.8) is 0 Å². The zero-order chi connectivity index (χ0) is 16.3. The number of aromatic nitrogens is 1. The Morgan fingerprint density at radius 1 is 1.17 bits per heavy atom. The van der Waals surface area contributed by atoms with Gasteiger partial charge in [0.1, 0.15) is 11.3 Å². The molecule has 2 saturated heterocycles. The van der Waals surface area contributed by atoms with Crippen LogP contribution in [0.2, 0.25) is 0 Å². The Morgan fingerprint density at radius 3 is 2.70 bits per heavy atom. The molecule has 0 unspecified atom stereocenters. The number of pyridine rings is 1. The van der Waals surface area contributed by atoms with E-state index in [0.29, 0.717) is 51.7 Å². The molecule has 0 aliphatic carbocycles. The third kappa shape index (κ3) is 3.51. The number of carbonyl (C=O) groups excluding carboxylic acids is 2. The van der Waals surface area contributed by atoms with Crippen LogP contribution in [0.1, 0.15) is 17.4 Å². The Morgan fingerprint density at radius 2 is 1.96 bits per heavy atom. The smallest absolute Gasteiger partial charge is 0.272 e. The van der Waals surface area contributed by atoms with Crippen molar-refractivity contribution in [3.05, 3.63) is 30.1 Å². The van der Waals surface area contributed by atoms with Gasteiger partial charge in [-0.2, -0.15) is 0 Å². The van der Waals surface area contributed by atoms with Crippen LogP contribution >= 0.6 is 0 Å². The predicted octanol–water partition coefficient (Wildman–Crippen LogP) is 0.172. The van der Waals surface area contributed by atoms with Crippen molar-refractivity contribution >= 4 is 11.8 Å². The number of hydrogen-bond acceptors (Lipinski definition) is 5. The number of morpholine rings is 1. The van der Waals surface area contributed by atoms with Crippen LogP contribution < -0.4 is 0 Å². The minimum atomic E-state index is -0.662. The molecule has 1 aromatic rings. The molecule has 124 valence electrons. The summed E-state index contributed by atoms with van der Waals surface area (Å²) in [6.45, 7) is 4.72. The molecule has 2 amide bonds. The zero-order valence-corrected chi connectivity index (χ0v) is 13.2. The Hall–Kier alpha value is -1.99. The van der Waals surface area contributed by atoms with Gasteiger partial charge in [0.25, 0.3) is 5.91 Å². The summed E-state index contributed by atoms with van der Waals surface area (Å²) in [5, 5.41) is 0. The molecule has 2 fully saturated rings. The van der Waals surface area contributed by atoms with E-state index in [1.807, 2.05) is 0 Å². The van der Waals surface area contributed by atoms with Crippen LogP contribution in [0, 0.1) is 0 Å². The number of amides is 2. The SMILES string of the molecule is CC(=O)N1CCOC[C@]2(C1)CN(C(=O)c1ccccn1)CCO2. The maximum Gasteiger partial charge on any atom is 0.272 e. The quantitative estimate of drug-likeness (QED) is 0.738. The normalized spacial score (nSPS) is 25.3. The highest BCUT2D eigenvalue weighted by molar-refractivity contribution is 5.92. The van der Waals surface area contributed by atoms with Crippen LogP contribution in [-0.4, -0.2) is 78.2 Å². The highest BCUT2D eigenvalue weighted by Crippen LogP contribution is 2.23. The average molecular weight is 319 g/mol. The summed E-state index contributed by atoms with van der Waals surface area (Å²) in [5.41, 5.74) is -0.243. The first kappa shape index (κ1) is 15.9. The van der Waals surface area contributed by atoms with Crippen molar-refractivity contribution in [2.24, 2.45) is 0 Å². The van der Waals surface area contributed by atoms with Crippen molar-refractivity contribution in [3.8, 4) is 0 Å². The van der Waals surface area contributed by atoms with Crippen molar-refractivity contribution in [2.75, 3.05) is 46.0 Å². The largest absolute Gasteiger partial charge is 0.376 e. The summed E-state index contributed by atoms with van der Waals surface area (Å²) in [6.07, 6.45) is 1.61. The molecule has 23 heavy (non-hydrogen) atoms. The van der Waals surface area contributed by atoms with Gasteiger partial charge < -0.3 is 19.3 Å². The van der Waals surface area contributed by atoms with E-state index in [4.69, 9.17) is 9.47 Å². The molecule has 3 rings (SSSR count). The van der Waals surface area contributed by atoms with E-state index in [2.05, 4.69) is 4.98 Å². The van der Waals surface area contributed by atoms with Gasteiger partial charge in [-0.25, -0.2) is 0 Å². The number of nitrogens with zero attached hydrogens (tertiary/aromatic N) is 3. The topological polar surface area (TPSA) is 72.0 Å². The van der Waals surface area contributed by atoms with Gasteiger partial charge in [-0.05, 0) is 12.1 Å². The monoisotopic (exact) mass is 319 g/mol. The van der Waals surface area contributed by atoms with E-state index in [1.165, 1.54) is 0 Å². The lowest BCUT2D eigenvalue weighted by atomic mass is 10.0. The van der Waals surface area contributed by atoms with Gasteiger partial charge >= 0.3 is 0 Å². The van der Waals surface area contributed by atoms with E-state index < -0.39 is 5.60 Å². The highest BCUT2D eigenvalue weighted by Gasteiger charge is 2.42. The summed E-state index contributed by atoms with van der Waals surface area (Å²) in [5.74, 6) is -0.126. The molecule has 1 aromatic heterocycles. The molecule has 1 spiro atoms. The molecule has 2 aliphatic heterocycles. The first-order chi connectivity index (χ1) is 11.1. The van der Waals surface area contributed by atoms with Gasteiger partial charge in [0.15, 0.2) is 0 Å². The molecule has 1 atom stereocenters. The van der Waals surface area contributed by atoms with Crippen LogP contribution in [0.15, 0.2) is 24.4 Å². The molecule has 0 radical (unpaired) electrons. The molecule has 7 heteroatoms. The maximum atomic E-state index is 12.6. The molecule has 0 N–H and O–H groups in total. The molecule has 7 nitrogen and oxygen atoms in total. The van der Waals surface area contributed by atoms with Crippen LogP contribution in [0.3, 0.4) is 0 Å². The van der Waals surface area contributed by atoms with Gasteiger partial charge in [-0.3, -0.25) is 14.6 Å². The van der Waals surface area contributed by atoms with Crippen LogP contribution in [0.25, 0.3) is 0 Å². The molecule has 0 aromatic carbocycles. The van der Waals surface area contributed by atoms with Gasteiger partial charge in [-0.1, -0.05) is 6.07 Å². The molecule has 0 bridgehead atoms. The zero-order valence-electron chi connectivity index (χ0n) is 13.2. The lowest BCUT2D eigenvalue weighted by molar-refractivity contribution is -0.145. The fourth-order valence-corrected chi connectivity index (χ4v) is 3.03. The molecule has 3 heterocycles. The number of hydrogen-bond donors (Lipinski definition) is 0. The first-order valence-electron chi connectivity index (χ1n) is 7.77. The summed E-state index contributed by atoms with van der Waals surface area (Å²) in [4.78, 5) is 31.9. The molecular weight excluding hydrogens is 298 g/mol. The lowest BCUT2D eigenvalue weighted by Crippen LogP contribution is -2.60. The summed E-state index contributed by atoms with van der Waals surface area (Å²) >= 11 is 0. The van der Waals surface area contributed by atoms with Gasteiger partial charge in [-0.15, -0.1) is 0 Å². The van der Waals surface area contributed by atoms with Crippen molar-refractivity contribution in [1.29, 1.82) is 0 Å². The molecule has 0 saturated carbocycles. The van der Waals surface area contributed by atoms with E-state index in [0.717, 1.165) is 0 Å². The second-order valence-electron chi connectivity index (χ2n) is 5.97. The summed E-state index contributed by atoms with van der Waals surface area (Å²) < 4.78 is 11.6. The van der Waals surface area contributed by atoms with Crippen LogP contribution in [0.4, 0.5) is 0 Å². The number of rotatable bonds is 1. The summed E-state index contributed by atoms with van der Waals surface area (Å²) in [6, 6.07) is 5.28. The van der Waals surface area contributed by atoms with E-state index in [9.17, 15) is 9.59 Å². The van der Waals surface area contributed by atoms with E-state index in [1.54, 1.807) is 41.1 Å². The fraction of sp³-hybridized carbons (Fsp3) is 0.562. The highest BCUT2D eigenvalue weighted by atomic mass is 16.5. The number of ether oxygens (including phenoxy) is 2. The standard InChI is InChI=1S/C16H21N3O4/c1-13(20)18-6-8-22-12-16(10-18)11-19(7-9-23-16)15(21)14-4-2-3-5-17-14/h2-5H,6-12H2,1H3/t16-/m0/s1. The predicted molar refractivity (Wildman–Crippen MR) is 81.9 cm³/mol. The third-order valence-corrected chi connectivity index (χ3v) is 4.21. The van der Waals surface area contributed by atoms with Crippen LogP contribution in [0.5, 0.6) is 0 Å². The fourth-order valence-electron chi connectivity index (χ4n) is 3.03. The van der Waals surface area contributed by atoms with Gasteiger partial charge in [0.2, 0.25) is 5.91 Å². The number of carbonyl (C=O) groups is 2. The minimum Gasteiger partial charge on any atom is -0.376 e. The van der Waals surface area contributed by atoms with Crippen molar-refractivity contribution in [2.45, 2.75) is 12.5 Å². The van der Waals surface area contributed by atoms with Crippen molar-refractivity contribution < 1.29 is 19.1 Å². The van der Waals surface area contributed by atoms with Gasteiger partial charge in [0, 0.05) is 26.2 Å². The Kier molecular flexibility index (Phi) is 4.58. The third-order valence-electron chi connectivity index (χ3n) is 4.21. The Bertz CT molecular complexity index is 580. The summed E-state index contributed by atoms with van der Waals surface area (Å²) in [7, 11) is 0. The molecule has 2 aliphatic rings. The first-order valence-corrected chi connectivity index (χ1v) is 7.77.